The van der Waals surface area contributed by atoms with Crippen molar-refractivity contribution in [3.05, 3.63) is 36.3 Å². The molecule has 2 aromatic rings. The van der Waals surface area contributed by atoms with E-state index in [2.05, 4.69) is 15.6 Å². The Bertz CT molecular complexity index is 587. The molecule has 2 aromatic heterocycles. The molecule has 0 aliphatic carbocycles. The Hall–Kier alpha value is -1.34. The first kappa shape index (κ1) is 18.7. The van der Waals surface area contributed by atoms with Crippen LogP contribution in [0.2, 0.25) is 0 Å². The van der Waals surface area contributed by atoms with Gasteiger partial charge in [-0.1, -0.05) is 6.07 Å². The molecule has 0 radical (unpaired) electrons. The maximum atomic E-state index is 12.1. The zero-order valence-corrected chi connectivity index (χ0v) is 13.8. The van der Waals surface area contributed by atoms with E-state index in [-0.39, 0.29) is 42.9 Å². The molecule has 6 nitrogen and oxygen atoms in total. The van der Waals surface area contributed by atoms with Crippen molar-refractivity contribution in [2.75, 3.05) is 13.2 Å². The Kier molecular flexibility index (Phi) is 7.09. The van der Waals surface area contributed by atoms with Crippen LogP contribution >= 0.6 is 24.8 Å². The van der Waals surface area contributed by atoms with E-state index in [1.807, 2.05) is 41.9 Å². The maximum Gasteiger partial charge on any atom is 0.240 e. The number of fused-ring (bicyclic) bond motifs is 1. The Labute approximate surface area is 141 Å². The summed E-state index contributed by atoms with van der Waals surface area (Å²) in [6, 6.07) is 5.53. The van der Waals surface area contributed by atoms with Crippen LogP contribution in [0.5, 0.6) is 0 Å². The van der Waals surface area contributed by atoms with Crippen LogP contribution in [-0.4, -0.2) is 40.6 Å². The average Bonchev–Trinajstić information content (AvgIpc) is 2.88. The molecule has 3 rings (SSSR count). The van der Waals surface area contributed by atoms with Crippen molar-refractivity contribution in [1.82, 2.24) is 20.0 Å². The van der Waals surface area contributed by atoms with E-state index in [1.165, 1.54) is 0 Å². The summed E-state index contributed by atoms with van der Waals surface area (Å²) in [5.41, 5.74) is 1.72. The lowest BCUT2D eigenvalue weighted by Crippen LogP contribution is -2.55. The van der Waals surface area contributed by atoms with Gasteiger partial charge in [0, 0.05) is 18.9 Å². The summed E-state index contributed by atoms with van der Waals surface area (Å²) >= 11 is 0. The minimum absolute atomic E-state index is 0. The van der Waals surface area contributed by atoms with E-state index in [0.29, 0.717) is 19.7 Å². The molecule has 0 spiro atoms. The predicted octanol–water partition coefficient (Wildman–Crippen LogP) is 1.17. The molecule has 0 saturated carbocycles. The third-order valence-corrected chi connectivity index (χ3v) is 3.46. The van der Waals surface area contributed by atoms with Crippen LogP contribution in [0.4, 0.5) is 0 Å². The Morgan fingerprint density at radius 3 is 3.05 bits per heavy atom. The Morgan fingerprint density at radius 2 is 2.32 bits per heavy atom. The minimum Gasteiger partial charge on any atom is -0.375 e. The van der Waals surface area contributed by atoms with Gasteiger partial charge < -0.3 is 19.8 Å². The molecular weight excluding hydrogens is 327 g/mol. The van der Waals surface area contributed by atoms with E-state index in [0.717, 1.165) is 11.3 Å². The lowest BCUT2D eigenvalue weighted by atomic mass is 10.1. The van der Waals surface area contributed by atoms with Gasteiger partial charge in [0.05, 0.1) is 24.9 Å². The average molecular weight is 347 g/mol. The first-order chi connectivity index (χ1) is 9.74. The quantitative estimate of drug-likeness (QED) is 0.875. The second-order valence-corrected chi connectivity index (χ2v) is 4.92. The normalized spacial score (nSPS) is 20.8. The second-order valence-electron chi connectivity index (χ2n) is 4.92. The zero-order chi connectivity index (χ0) is 13.9. The highest BCUT2D eigenvalue weighted by Crippen LogP contribution is 2.06. The summed E-state index contributed by atoms with van der Waals surface area (Å²) in [6.45, 7) is 3.68. The maximum absolute atomic E-state index is 12.1. The summed E-state index contributed by atoms with van der Waals surface area (Å²) in [4.78, 5) is 16.6. The zero-order valence-electron chi connectivity index (χ0n) is 12.2. The van der Waals surface area contributed by atoms with Gasteiger partial charge in [-0.05, 0) is 19.1 Å². The van der Waals surface area contributed by atoms with Gasteiger partial charge in [0.1, 0.15) is 11.7 Å². The number of imidazole rings is 1. The molecule has 1 fully saturated rings. The smallest absolute Gasteiger partial charge is 0.240 e. The number of carbonyl (C=O) groups excluding carboxylic acids is 1. The minimum atomic E-state index is -0.291. The van der Waals surface area contributed by atoms with Crippen LogP contribution < -0.4 is 10.6 Å². The van der Waals surface area contributed by atoms with E-state index in [1.54, 1.807) is 0 Å². The number of pyridine rings is 1. The highest BCUT2D eigenvalue weighted by atomic mass is 35.5. The number of hydrogen-bond acceptors (Lipinski definition) is 4. The Morgan fingerprint density at radius 1 is 1.50 bits per heavy atom. The molecule has 1 aliphatic rings. The molecule has 122 valence electrons. The number of nitrogens with one attached hydrogen (secondary N) is 2. The number of hydrogen-bond donors (Lipinski definition) is 2. The van der Waals surface area contributed by atoms with Crippen molar-refractivity contribution in [3.8, 4) is 0 Å². The fourth-order valence-electron chi connectivity index (χ4n) is 2.39. The van der Waals surface area contributed by atoms with Gasteiger partial charge in [-0.25, -0.2) is 4.98 Å². The van der Waals surface area contributed by atoms with Crippen molar-refractivity contribution in [3.63, 3.8) is 0 Å². The third-order valence-electron chi connectivity index (χ3n) is 3.46. The molecule has 8 heteroatoms. The monoisotopic (exact) mass is 346 g/mol. The molecule has 0 bridgehead atoms. The number of aromatic nitrogens is 2. The SMILES string of the molecule is C[C@H]1OCCN[C@@H]1C(=O)NCc1cn2ccccc2n1.Cl.Cl. The standard InChI is InChI=1S/C14H18N4O2.2ClH/c1-10-13(15-5-7-20-10)14(19)16-8-11-9-18-6-3-2-4-12(18)17-11;;/h2-4,6,9-10,13,15H,5,7-8H2,1H3,(H,16,19);2*1H/t10-,13+;;/m1../s1. The van der Waals surface area contributed by atoms with Gasteiger partial charge in [0.2, 0.25) is 5.91 Å². The fraction of sp³-hybridized carbons (Fsp3) is 0.429. The van der Waals surface area contributed by atoms with Crippen LogP contribution in [0.15, 0.2) is 30.6 Å². The number of amides is 1. The van der Waals surface area contributed by atoms with Crippen molar-refractivity contribution in [1.29, 1.82) is 0 Å². The number of morpholine rings is 1. The highest BCUT2D eigenvalue weighted by molar-refractivity contribution is 5.85. The molecule has 3 heterocycles. The predicted molar refractivity (Wildman–Crippen MR) is 88.7 cm³/mol. The lowest BCUT2D eigenvalue weighted by molar-refractivity contribution is -0.129. The van der Waals surface area contributed by atoms with Crippen LogP contribution in [0.3, 0.4) is 0 Å². The molecule has 0 aromatic carbocycles. The molecule has 1 saturated heterocycles. The summed E-state index contributed by atoms with van der Waals surface area (Å²) in [6.07, 6.45) is 3.75. The van der Waals surface area contributed by atoms with E-state index >= 15 is 0 Å². The highest BCUT2D eigenvalue weighted by Gasteiger charge is 2.27. The van der Waals surface area contributed by atoms with Crippen molar-refractivity contribution >= 4 is 36.4 Å². The van der Waals surface area contributed by atoms with E-state index in [4.69, 9.17) is 4.74 Å². The number of nitrogens with zero attached hydrogens (tertiary/aromatic N) is 2. The third kappa shape index (κ3) is 4.10. The van der Waals surface area contributed by atoms with Gasteiger partial charge in [-0.3, -0.25) is 4.79 Å². The van der Waals surface area contributed by atoms with Crippen molar-refractivity contribution in [2.24, 2.45) is 0 Å². The number of rotatable bonds is 3. The van der Waals surface area contributed by atoms with E-state index in [9.17, 15) is 4.79 Å². The van der Waals surface area contributed by atoms with Crippen LogP contribution in [-0.2, 0) is 16.1 Å². The molecule has 1 amide bonds. The summed E-state index contributed by atoms with van der Waals surface area (Å²) in [5.74, 6) is -0.0470. The summed E-state index contributed by atoms with van der Waals surface area (Å²) in [5, 5.41) is 6.07. The number of halogens is 2. The van der Waals surface area contributed by atoms with Crippen LogP contribution in [0, 0.1) is 0 Å². The first-order valence-electron chi connectivity index (χ1n) is 6.79. The first-order valence-corrected chi connectivity index (χ1v) is 6.79. The molecule has 22 heavy (non-hydrogen) atoms. The fourth-order valence-corrected chi connectivity index (χ4v) is 2.39. The topological polar surface area (TPSA) is 67.7 Å². The molecule has 2 atom stereocenters. The number of carbonyl (C=O) groups is 1. The van der Waals surface area contributed by atoms with Crippen LogP contribution in [0.25, 0.3) is 5.65 Å². The van der Waals surface area contributed by atoms with Gasteiger partial charge in [0.25, 0.3) is 0 Å². The van der Waals surface area contributed by atoms with Gasteiger partial charge in [-0.15, -0.1) is 24.8 Å². The van der Waals surface area contributed by atoms with E-state index < -0.39 is 0 Å². The van der Waals surface area contributed by atoms with Crippen molar-refractivity contribution in [2.45, 2.75) is 25.6 Å². The molecule has 0 unspecified atom stereocenters. The van der Waals surface area contributed by atoms with Crippen LogP contribution in [0.1, 0.15) is 12.6 Å². The largest absolute Gasteiger partial charge is 0.375 e. The van der Waals surface area contributed by atoms with Gasteiger partial charge >= 0.3 is 0 Å². The molecule has 1 aliphatic heterocycles. The van der Waals surface area contributed by atoms with Gasteiger partial charge in [-0.2, -0.15) is 0 Å². The van der Waals surface area contributed by atoms with Crippen molar-refractivity contribution < 1.29 is 9.53 Å². The summed E-state index contributed by atoms with van der Waals surface area (Å²) < 4.78 is 7.41. The molecule has 2 N–H and O–H groups in total. The number of ether oxygens (including phenoxy) is 1. The second kappa shape index (κ2) is 8.33. The Balaban J connectivity index is 0.00000121. The van der Waals surface area contributed by atoms with Gasteiger partial charge in [0.15, 0.2) is 0 Å². The lowest BCUT2D eigenvalue weighted by Gasteiger charge is -2.29. The summed E-state index contributed by atoms with van der Waals surface area (Å²) in [7, 11) is 0. The molecular formula is C14H20Cl2N4O2.